The van der Waals surface area contributed by atoms with Crippen LogP contribution in [0.25, 0.3) is 0 Å². The number of hydrogen-bond donors (Lipinski definition) is 0. The summed E-state index contributed by atoms with van der Waals surface area (Å²) < 4.78 is 5.16. The number of aryl methyl sites for hydroxylation is 1. The van der Waals surface area contributed by atoms with Crippen LogP contribution in [-0.4, -0.2) is 11.5 Å². The van der Waals surface area contributed by atoms with Gasteiger partial charge in [0, 0.05) is 11.6 Å². The SMILES string of the molecule is CC1CCC(C(C)C)C(OC(=O)Cl)C1.Cc1ccccc1. The molecule has 1 aliphatic rings. The van der Waals surface area contributed by atoms with Gasteiger partial charge < -0.3 is 4.74 Å². The highest BCUT2D eigenvalue weighted by molar-refractivity contribution is 6.61. The third kappa shape index (κ3) is 6.99. The molecule has 21 heavy (non-hydrogen) atoms. The number of carbonyl (C=O) groups is 1. The molecular weight excluding hydrogens is 284 g/mol. The van der Waals surface area contributed by atoms with Crippen molar-refractivity contribution in [1.29, 1.82) is 0 Å². The average Bonchev–Trinajstić information content (AvgIpc) is 2.39. The van der Waals surface area contributed by atoms with Crippen LogP contribution in [0.1, 0.15) is 45.6 Å². The molecule has 2 rings (SSSR count). The van der Waals surface area contributed by atoms with E-state index in [4.69, 9.17) is 16.3 Å². The first kappa shape index (κ1) is 18.0. The molecule has 1 aromatic rings. The maximum Gasteiger partial charge on any atom is 0.404 e. The molecule has 1 aromatic carbocycles. The fourth-order valence-electron chi connectivity index (χ4n) is 2.90. The Morgan fingerprint density at radius 2 is 1.86 bits per heavy atom. The summed E-state index contributed by atoms with van der Waals surface area (Å²) in [6, 6.07) is 10.3. The van der Waals surface area contributed by atoms with Gasteiger partial charge in [0.25, 0.3) is 0 Å². The molecule has 0 spiro atoms. The van der Waals surface area contributed by atoms with E-state index in [1.807, 2.05) is 18.2 Å². The average molecular weight is 311 g/mol. The number of halogens is 1. The molecule has 0 aromatic heterocycles. The van der Waals surface area contributed by atoms with Crippen molar-refractivity contribution in [3.63, 3.8) is 0 Å². The first-order valence-corrected chi connectivity index (χ1v) is 8.15. The summed E-state index contributed by atoms with van der Waals surface area (Å²) in [5.74, 6) is 1.68. The summed E-state index contributed by atoms with van der Waals surface area (Å²) in [7, 11) is 0. The molecule has 0 bridgehead atoms. The molecule has 118 valence electrons. The Hall–Kier alpha value is -1.02. The fourth-order valence-corrected chi connectivity index (χ4v) is 3.02. The van der Waals surface area contributed by atoms with E-state index >= 15 is 0 Å². The zero-order chi connectivity index (χ0) is 15.8. The maximum atomic E-state index is 10.7. The number of rotatable bonds is 2. The van der Waals surface area contributed by atoms with Gasteiger partial charge in [0.1, 0.15) is 6.10 Å². The lowest BCUT2D eigenvalue weighted by atomic mass is 9.75. The third-order valence-corrected chi connectivity index (χ3v) is 4.23. The minimum atomic E-state index is -0.658. The van der Waals surface area contributed by atoms with E-state index in [2.05, 4.69) is 39.8 Å². The van der Waals surface area contributed by atoms with Crippen molar-refractivity contribution >= 4 is 17.0 Å². The minimum absolute atomic E-state index is 0.0312. The van der Waals surface area contributed by atoms with Gasteiger partial charge in [-0.2, -0.15) is 0 Å². The van der Waals surface area contributed by atoms with Crippen molar-refractivity contribution in [2.45, 2.75) is 53.1 Å². The van der Waals surface area contributed by atoms with E-state index < -0.39 is 5.43 Å². The molecule has 3 unspecified atom stereocenters. The highest BCUT2D eigenvalue weighted by Crippen LogP contribution is 2.35. The zero-order valence-corrected chi connectivity index (χ0v) is 14.3. The summed E-state index contributed by atoms with van der Waals surface area (Å²) in [6.07, 6.45) is 3.37. The second kappa shape index (κ2) is 9.09. The van der Waals surface area contributed by atoms with Crippen molar-refractivity contribution in [3.05, 3.63) is 35.9 Å². The first-order chi connectivity index (χ1) is 9.90. The van der Waals surface area contributed by atoms with E-state index in [9.17, 15) is 4.79 Å². The highest BCUT2D eigenvalue weighted by Gasteiger charge is 2.32. The molecule has 0 saturated heterocycles. The van der Waals surface area contributed by atoms with Gasteiger partial charge in [0.05, 0.1) is 0 Å². The Balaban J connectivity index is 0.000000262. The van der Waals surface area contributed by atoms with Crippen LogP contribution >= 0.6 is 11.6 Å². The molecule has 0 aliphatic heterocycles. The van der Waals surface area contributed by atoms with Crippen LogP contribution < -0.4 is 0 Å². The molecule has 2 nitrogen and oxygen atoms in total. The Bertz CT molecular complexity index is 416. The van der Waals surface area contributed by atoms with E-state index in [1.54, 1.807) is 0 Å². The minimum Gasteiger partial charge on any atom is -0.450 e. The van der Waals surface area contributed by atoms with Gasteiger partial charge in [0.2, 0.25) is 0 Å². The van der Waals surface area contributed by atoms with Crippen molar-refractivity contribution in [3.8, 4) is 0 Å². The lowest BCUT2D eigenvalue weighted by molar-refractivity contribution is 0.0179. The van der Waals surface area contributed by atoms with E-state index in [-0.39, 0.29) is 6.10 Å². The fraction of sp³-hybridized carbons (Fsp3) is 0.611. The van der Waals surface area contributed by atoms with Crippen molar-refractivity contribution < 1.29 is 9.53 Å². The van der Waals surface area contributed by atoms with E-state index in [1.165, 1.54) is 12.0 Å². The van der Waals surface area contributed by atoms with Crippen LogP contribution in [0.2, 0.25) is 0 Å². The summed E-state index contributed by atoms with van der Waals surface area (Å²) in [5, 5.41) is 0. The monoisotopic (exact) mass is 310 g/mol. The number of carbonyl (C=O) groups excluding carboxylic acids is 1. The molecule has 0 radical (unpaired) electrons. The van der Waals surface area contributed by atoms with Crippen molar-refractivity contribution in [2.75, 3.05) is 0 Å². The highest BCUT2D eigenvalue weighted by atomic mass is 35.5. The second-order valence-corrected chi connectivity index (χ2v) is 6.68. The number of benzene rings is 1. The van der Waals surface area contributed by atoms with Crippen LogP contribution in [-0.2, 0) is 4.74 Å². The number of ether oxygens (including phenoxy) is 1. The molecule has 1 saturated carbocycles. The lowest BCUT2D eigenvalue weighted by Gasteiger charge is -2.36. The van der Waals surface area contributed by atoms with Gasteiger partial charge in [0.15, 0.2) is 0 Å². The van der Waals surface area contributed by atoms with Crippen molar-refractivity contribution in [1.82, 2.24) is 0 Å². The van der Waals surface area contributed by atoms with E-state index in [0.29, 0.717) is 17.8 Å². The first-order valence-electron chi connectivity index (χ1n) is 7.78. The molecular formula is C18H27ClO2. The van der Waals surface area contributed by atoms with Crippen LogP contribution in [0.4, 0.5) is 4.79 Å². The second-order valence-electron chi connectivity index (χ2n) is 6.37. The predicted molar refractivity (Wildman–Crippen MR) is 88.6 cm³/mol. The normalized spacial score (nSPS) is 25.0. The molecule has 1 aliphatic carbocycles. The Kier molecular flexibility index (Phi) is 7.81. The third-order valence-electron chi connectivity index (χ3n) is 4.15. The van der Waals surface area contributed by atoms with Crippen LogP contribution in [0.3, 0.4) is 0 Å². The van der Waals surface area contributed by atoms with Gasteiger partial charge in [-0.25, -0.2) is 4.79 Å². The maximum absolute atomic E-state index is 10.7. The smallest absolute Gasteiger partial charge is 0.404 e. The van der Waals surface area contributed by atoms with Crippen LogP contribution in [0.15, 0.2) is 30.3 Å². The largest absolute Gasteiger partial charge is 0.450 e. The topological polar surface area (TPSA) is 26.3 Å². The summed E-state index contributed by atoms with van der Waals surface area (Å²) in [5.41, 5.74) is 0.664. The molecule has 3 heteroatoms. The molecule has 1 fully saturated rings. The van der Waals surface area contributed by atoms with Gasteiger partial charge in [-0.15, -0.1) is 0 Å². The number of hydrogen-bond acceptors (Lipinski definition) is 2. The predicted octanol–water partition coefficient (Wildman–Crippen LogP) is 5.82. The Labute approximate surface area is 133 Å². The van der Waals surface area contributed by atoms with Crippen molar-refractivity contribution in [2.24, 2.45) is 17.8 Å². The summed E-state index contributed by atoms with van der Waals surface area (Å²) in [6.45, 7) is 8.64. The lowest BCUT2D eigenvalue weighted by Crippen LogP contribution is -2.34. The molecule has 0 heterocycles. The summed E-state index contributed by atoms with van der Waals surface area (Å²) >= 11 is 5.27. The Morgan fingerprint density at radius 3 is 2.29 bits per heavy atom. The molecule has 3 atom stereocenters. The summed E-state index contributed by atoms with van der Waals surface area (Å²) in [4.78, 5) is 10.7. The molecule has 0 amide bonds. The van der Waals surface area contributed by atoms with Gasteiger partial charge in [-0.05, 0) is 37.5 Å². The van der Waals surface area contributed by atoms with E-state index in [0.717, 1.165) is 12.8 Å². The van der Waals surface area contributed by atoms with Gasteiger partial charge in [-0.1, -0.05) is 63.1 Å². The van der Waals surface area contributed by atoms with Crippen LogP contribution in [0.5, 0.6) is 0 Å². The molecule has 0 N–H and O–H groups in total. The van der Waals surface area contributed by atoms with Crippen LogP contribution in [0, 0.1) is 24.7 Å². The van der Waals surface area contributed by atoms with Gasteiger partial charge >= 0.3 is 5.43 Å². The standard InChI is InChI=1S/C11H19ClO2.C7H8/c1-7(2)9-5-4-8(3)6-10(9)14-11(12)13;1-7-5-3-2-4-6-7/h7-10H,4-6H2,1-3H3;2-6H,1H3. The zero-order valence-electron chi connectivity index (χ0n) is 13.5. The quantitative estimate of drug-likeness (QED) is 0.643. The Morgan fingerprint density at radius 1 is 1.24 bits per heavy atom. The van der Waals surface area contributed by atoms with Gasteiger partial charge in [-0.3, -0.25) is 0 Å².